The van der Waals surface area contributed by atoms with Gasteiger partial charge in [-0.15, -0.1) is 0 Å². The Kier molecular flexibility index (Phi) is 7.54. The molecular formula is C28H29N9O2. The van der Waals surface area contributed by atoms with Crippen LogP contribution in [0.2, 0.25) is 0 Å². The van der Waals surface area contributed by atoms with Crippen LogP contribution < -0.4 is 10.6 Å². The molecule has 0 aliphatic heterocycles. The molecule has 11 heteroatoms. The molecule has 5 rings (SSSR count). The summed E-state index contributed by atoms with van der Waals surface area (Å²) in [4.78, 5) is 18.4. The number of hydrogen-bond acceptors (Lipinski definition) is 8. The number of carbonyl (C=O) groups excluding carboxylic acids is 1. The number of anilines is 3. The first kappa shape index (κ1) is 25.5. The molecule has 3 aromatic heterocycles. The zero-order valence-corrected chi connectivity index (χ0v) is 21.8. The third-order valence-corrected chi connectivity index (χ3v) is 6.39. The van der Waals surface area contributed by atoms with Gasteiger partial charge in [0.1, 0.15) is 11.8 Å². The Hall–Kier alpha value is -5.11. The van der Waals surface area contributed by atoms with Crippen LogP contribution in [-0.4, -0.2) is 55.6 Å². The Morgan fingerprint density at radius 2 is 2.03 bits per heavy atom. The molecule has 39 heavy (non-hydrogen) atoms. The minimum atomic E-state index is -0.555. The molecule has 11 nitrogen and oxygen atoms in total. The Morgan fingerprint density at radius 1 is 1.18 bits per heavy atom. The third kappa shape index (κ3) is 5.75. The van der Waals surface area contributed by atoms with Crippen LogP contribution >= 0.6 is 0 Å². The second-order valence-electron chi connectivity index (χ2n) is 9.10. The highest BCUT2D eigenvalue weighted by Gasteiger charge is 2.17. The molecule has 0 spiro atoms. The summed E-state index contributed by atoms with van der Waals surface area (Å²) in [5.74, 6) is 0.624. The summed E-state index contributed by atoms with van der Waals surface area (Å²) < 4.78 is 8.97. The highest BCUT2D eigenvalue weighted by atomic mass is 16.5. The highest BCUT2D eigenvalue weighted by molar-refractivity contribution is 5.91. The normalized spacial score (nSPS) is 10.9. The quantitative estimate of drug-likeness (QED) is 0.152. The van der Waals surface area contributed by atoms with Gasteiger partial charge in [-0.1, -0.05) is 37.3 Å². The minimum absolute atomic E-state index is 0.212. The fraction of sp³-hybridized carbons (Fsp3) is 0.250. The zero-order chi connectivity index (χ0) is 27.2. The maximum Gasteiger partial charge on any atom is 0.411 e. The van der Waals surface area contributed by atoms with E-state index in [1.165, 1.54) is 16.8 Å². The SMILES string of the molecule is CCc1c(NC(=O)OCCCN(C)C#N)cn2ncnc(Nc3ccc4c(cnn4Cc4ccccc4)c3)c12. The number of fused-ring (bicyclic) bond motifs is 2. The first-order valence-corrected chi connectivity index (χ1v) is 12.7. The molecule has 0 aliphatic carbocycles. The Morgan fingerprint density at radius 3 is 2.82 bits per heavy atom. The Labute approximate surface area is 225 Å². The summed E-state index contributed by atoms with van der Waals surface area (Å²) in [6.45, 7) is 3.43. The molecular weight excluding hydrogens is 494 g/mol. The van der Waals surface area contributed by atoms with E-state index in [1.54, 1.807) is 17.8 Å². The number of aromatic nitrogens is 5. The molecule has 0 saturated carbocycles. The molecule has 0 saturated heterocycles. The lowest BCUT2D eigenvalue weighted by Crippen LogP contribution is -2.18. The van der Waals surface area contributed by atoms with Gasteiger partial charge in [-0.05, 0) is 36.6 Å². The van der Waals surface area contributed by atoms with E-state index in [9.17, 15) is 4.79 Å². The zero-order valence-electron chi connectivity index (χ0n) is 21.8. The van der Waals surface area contributed by atoms with Crippen LogP contribution in [0.25, 0.3) is 16.4 Å². The van der Waals surface area contributed by atoms with Gasteiger partial charge >= 0.3 is 6.09 Å². The van der Waals surface area contributed by atoms with E-state index in [4.69, 9.17) is 10.00 Å². The maximum absolute atomic E-state index is 12.4. The smallest absolute Gasteiger partial charge is 0.411 e. The van der Waals surface area contributed by atoms with Crippen LogP contribution in [0.1, 0.15) is 24.5 Å². The third-order valence-electron chi connectivity index (χ3n) is 6.39. The van der Waals surface area contributed by atoms with E-state index in [0.29, 0.717) is 37.4 Å². The molecule has 2 aromatic carbocycles. The minimum Gasteiger partial charge on any atom is -0.449 e. The van der Waals surface area contributed by atoms with Gasteiger partial charge in [0.15, 0.2) is 12.0 Å². The number of nitrogens with one attached hydrogen (secondary N) is 2. The molecule has 0 aliphatic rings. The standard InChI is InChI=1S/C28H29N9O2/c1-3-23-24(34-28(38)39-13-7-12-35(2)18-29)17-37-26(23)27(30-19-32-37)33-22-10-11-25-21(14-22)15-31-36(25)16-20-8-5-4-6-9-20/h4-6,8-11,14-15,17,19H,3,7,12-13,16H2,1-2H3,(H,34,38)(H,30,32,33). The van der Waals surface area contributed by atoms with Gasteiger partial charge in [-0.2, -0.15) is 15.5 Å². The molecule has 1 amide bonds. The van der Waals surface area contributed by atoms with Crippen molar-refractivity contribution in [3.63, 3.8) is 0 Å². The van der Waals surface area contributed by atoms with Gasteiger partial charge in [0.2, 0.25) is 0 Å². The number of hydrogen-bond donors (Lipinski definition) is 2. The van der Waals surface area contributed by atoms with Crippen LogP contribution in [0.15, 0.2) is 67.3 Å². The molecule has 0 bridgehead atoms. The van der Waals surface area contributed by atoms with Gasteiger partial charge in [-0.3, -0.25) is 10.00 Å². The lowest BCUT2D eigenvalue weighted by molar-refractivity contribution is 0.157. The molecule has 0 fully saturated rings. The predicted octanol–water partition coefficient (Wildman–Crippen LogP) is 4.78. The highest BCUT2D eigenvalue weighted by Crippen LogP contribution is 2.30. The summed E-state index contributed by atoms with van der Waals surface area (Å²) in [5, 5.41) is 25.0. The van der Waals surface area contributed by atoms with Crippen LogP contribution in [0, 0.1) is 11.5 Å². The summed E-state index contributed by atoms with van der Waals surface area (Å²) in [5.41, 5.74) is 5.35. The van der Waals surface area contributed by atoms with Crippen molar-refractivity contribution in [1.82, 2.24) is 29.3 Å². The van der Waals surface area contributed by atoms with Crippen molar-refractivity contribution in [2.75, 3.05) is 30.8 Å². The number of carbonyl (C=O) groups is 1. The van der Waals surface area contributed by atoms with E-state index in [-0.39, 0.29) is 6.61 Å². The van der Waals surface area contributed by atoms with Crippen molar-refractivity contribution in [2.24, 2.45) is 0 Å². The van der Waals surface area contributed by atoms with E-state index >= 15 is 0 Å². The van der Waals surface area contributed by atoms with Crippen LogP contribution in [0.5, 0.6) is 0 Å². The van der Waals surface area contributed by atoms with Crippen molar-refractivity contribution in [2.45, 2.75) is 26.3 Å². The number of amides is 1. The monoisotopic (exact) mass is 523 g/mol. The first-order chi connectivity index (χ1) is 19.1. The van der Waals surface area contributed by atoms with Crippen LogP contribution in [0.3, 0.4) is 0 Å². The fourth-order valence-corrected chi connectivity index (χ4v) is 4.48. The molecule has 0 unspecified atom stereocenters. The van der Waals surface area contributed by atoms with E-state index in [1.807, 2.05) is 60.4 Å². The predicted molar refractivity (Wildman–Crippen MR) is 149 cm³/mol. The number of rotatable bonds is 10. The largest absolute Gasteiger partial charge is 0.449 e. The second kappa shape index (κ2) is 11.5. The average molecular weight is 524 g/mol. The Balaban J connectivity index is 1.33. The number of ether oxygens (including phenoxy) is 1. The van der Waals surface area contributed by atoms with Gasteiger partial charge in [0, 0.05) is 30.2 Å². The summed E-state index contributed by atoms with van der Waals surface area (Å²) >= 11 is 0. The van der Waals surface area contributed by atoms with Crippen molar-refractivity contribution in [3.8, 4) is 6.19 Å². The molecule has 2 N–H and O–H groups in total. The molecule has 0 atom stereocenters. The van der Waals surface area contributed by atoms with Gasteiger partial charge in [0.25, 0.3) is 0 Å². The molecule has 0 radical (unpaired) electrons. The van der Waals surface area contributed by atoms with E-state index in [2.05, 4.69) is 37.9 Å². The van der Waals surface area contributed by atoms with Crippen LogP contribution in [-0.2, 0) is 17.7 Å². The van der Waals surface area contributed by atoms with Gasteiger partial charge in [0.05, 0.1) is 36.7 Å². The fourth-order valence-electron chi connectivity index (χ4n) is 4.48. The van der Waals surface area contributed by atoms with Crippen LogP contribution in [0.4, 0.5) is 22.0 Å². The number of aryl methyl sites for hydroxylation is 1. The summed E-state index contributed by atoms with van der Waals surface area (Å²) in [6, 6.07) is 16.3. The molecule has 3 heterocycles. The lowest BCUT2D eigenvalue weighted by Gasteiger charge is -2.10. The number of nitrogens with zero attached hydrogens (tertiary/aromatic N) is 7. The lowest BCUT2D eigenvalue weighted by atomic mass is 10.2. The van der Waals surface area contributed by atoms with Crippen molar-refractivity contribution < 1.29 is 9.53 Å². The summed E-state index contributed by atoms with van der Waals surface area (Å²) in [7, 11) is 1.68. The maximum atomic E-state index is 12.4. The van der Waals surface area contributed by atoms with Gasteiger partial charge in [-0.25, -0.2) is 14.3 Å². The van der Waals surface area contributed by atoms with E-state index in [0.717, 1.165) is 27.7 Å². The van der Waals surface area contributed by atoms with Crippen molar-refractivity contribution >= 4 is 39.7 Å². The second-order valence-corrected chi connectivity index (χ2v) is 9.10. The molecule has 198 valence electrons. The van der Waals surface area contributed by atoms with E-state index < -0.39 is 6.09 Å². The molecule has 5 aromatic rings. The average Bonchev–Trinajstić information content (AvgIpc) is 3.52. The van der Waals surface area contributed by atoms with Crippen molar-refractivity contribution in [3.05, 3.63) is 78.4 Å². The Bertz CT molecular complexity index is 1640. The number of nitriles is 1. The van der Waals surface area contributed by atoms with Crippen molar-refractivity contribution in [1.29, 1.82) is 5.26 Å². The first-order valence-electron chi connectivity index (χ1n) is 12.7. The topological polar surface area (TPSA) is 125 Å². The summed E-state index contributed by atoms with van der Waals surface area (Å²) in [6.07, 6.45) is 7.75. The van der Waals surface area contributed by atoms with Gasteiger partial charge < -0.3 is 15.0 Å². The number of benzene rings is 2.